The van der Waals surface area contributed by atoms with Crippen LogP contribution in [0.4, 0.5) is 0 Å². The third-order valence-corrected chi connectivity index (χ3v) is 15.9. The summed E-state index contributed by atoms with van der Waals surface area (Å²) in [5, 5.41) is 1.53. The van der Waals surface area contributed by atoms with Crippen molar-refractivity contribution in [3.63, 3.8) is 0 Å². The monoisotopic (exact) mass is 454 g/mol. The number of hydrogen-bond donors (Lipinski definition) is 0. The SMILES string of the molecule is CCCCC(CC)CP(Br)(c1ccccc1)(c1ccccc1)c1ccccc1. The molecule has 0 aliphatic rings. The van der Waals surface area contributed by atoms with E-state index in [4.69, 9.17) is 0 Å². The Morgan fingerprint density at radius 2 is 1.07 bits per heavy atom. The maximum absolute atomic E-state index is 4.58. The van der Waals surface area contributed by atoms with Gasteiger partial charge in [-0.1, -0.05) is 0 Å². The van der Waals surface area contributed by atoms with E-state index in [0.29, 0.717) is 5.92 Å². The van der Waals surface area contributed by atoms with E-state index in [0.717, 1.165) is 0 Å². The molecule has 0 nitrogen and oxygen atoms in total. The number of unbranched alkanes of at least 4 members (excludes halogenated alkanes) is 1. The fourth-order valence-electron chi connectivity index (χ4n) is 4.38. The molecule has 0 bridgehead atoms. The van der Waals surface area contributed by atoms with Gasteiger partial charge in [0.1, 0.15) is 0 Å². The molecule has 148 valence electrons. The van der Waals surface area contributed by atoms with Crippen LogP contribution in [0.1, 0.15) is 39.5 Å². The van der Waals surface area contributed by atoms with Crippen LogP contribution in [-0.4, -0.2) is 6.16 Å². The van der Waals surface area contributed by atoms with Crippen LogP contribution in [-0.2, 0) is 0 Å². The van der Waals surface area contributed by atoms with Crippen LogP contribution in [0.15, 0.2) is 91.0 Å². The van der Waals surface area contributed by atoms with Crippen LogP contribution in [0.5, 0.6) is 0 Å². The van der Waals surface area contributed by atoms with Crippen molar-refractivity contribution < 1.29 is 0 Å². The molecule has 0 saturated heterocycles. The third kappa shape index (κ3) is 3.98. The second kappa shape index (κ2) is 9.38. The van der Waals surface area contributed by atoms with E-state index in [1.165, 1.54) is 47.8 Å². The van der Waals surface area contributed by atoms with Crippen LogP contribution in [0.2, 0.25) is 0 Å². The summed E-state index contributed by atoms with van der Waals surface area (Å²) in [7, 11) is 0. The molecule has 0 amide bonds. The summed E-state index contributed by atoms with van der Waals surface area (Å²) in [6.45, 7) is 4.65. The zero-order chi connectivity index (χ0) is 19.9. The molecule has 0 aliphatic carbocycles. The Morgan fingerprint density at radius 1 is 0.679 bits per heavy atom. The molecule has 0 N–H and O–H groups in total. The minimum absolute atomic E-state index is 0.692. The molecule has 0 aromatic heterocycles. The normalized spacial score (nSPS) is 14.2. The summed E-state index contributed by atoms with van der Waals surface area (Å²) in [6.07, 6.45) is 6.24. The molecule has 3 aromatic carbocycles. The summed E-state index contributed by atoms with van der Waals surface area (Å²) in [5.74, 6) is 0.692. The predicted octanol–water partition coefficient (Wildman–Crippen LogP) is 7.04. The molecule has 0 aliphatic heterocycles. The van der Waals surface area contributed by atoms with Crippen molar-refractivity contribution in [1.29, 1.82) is 0 Å². The Morgan fingerprint density at radius 3 is 1.39 bits per heavy atom. The van der Waals surface area contributed by atoms with E-state index in [1.807, 2.05) is 0 Å². The third-order valence-electron chi connectivity index (χ3n) is 6.03. The van der Waals surface area contributed by atoms with E-state index < -0.39 is 5.31 Å². The second-order valence-corrected chi connectivity index (χ2v) is 16.8. The van der Waals surface area contributed by atoms with Gasteiger partial charge >= 0.3 is 179 Å². The molecule has 0 heterocycles. The van der Waals surface area contributed by atoms with Crippen LogP contribution < -0.4 is 15.9 Å². The molecule has 1 unspecified atom stereocenters. The van der Waals surface area contributed by atoms with Crippen molar-refractivity contribution in [2.75, 3.05) is 6.16 Å². The number of halogens is 1. The van der Waals surface area contributed by atoms with Crippen LogP contribution in [0.25, 0.3) is 0 Å². The van der Waals surface area contributed by atoms with Gasteiger partial charge in [0.15, 0.2) is 0 Å². The first kappa shape index (κ1) is 21.3. The van der Waals surface area contributed by atoms with Crippen molar-refractivity contribution in [2.45, 2.75) is 39.5 Å². The van der Waals surface area contributed by atoms with Crippen LogP contribution in [0.3, 0.4) is 0 Å². The number of rotatable bonds is 9. The van der Waals surface area contributed by atoms with Gasteiger partial charge in [0.25, 0.3) is 0 Å². The van der Waals surface area contributed by atoms with E-state index in [9.17, 15) is 0 Å². The van der Waals surface area contributed by atoms with Gasteiger partial charge in [-0.25, -0.2) is 0 Å². The van der Waals surface area contributed by atoms with Crippen LogP contribution in [0, 0.1) is 5.92 Å². The van der Waals surface area contributed by atoms with Gasteiger partial charge in [0.05, 0.1) is 0 Å². The van der Waals surface area contributed by atoms with E-state index >= 15 is 0 Å². The van der Waals surface area contributed by atoms with Gasteiger partial charge in [-0.05, 0) is 0 Å². The van der Waals surface area contributed by atoms with Gasteiger partial charge in [0.2, 0.25) is 0 Å². The molecule has 3 rings (SSSR count). The fourth-order valence-corrected chi connectivity index (χ4v) is 13.1. The molecule has 0 saturated carbocycles. The zero-order valence-electron chi connectivity index (χ0n) is 17.1. The molecule has 28 heavy (non-hydrogen) atoms. The van der Waals surface area contributed by atoms with E-state index in [1.54, 1.807) is 0 Å². The summed E-state index contributed by atoms with van der Waals surface area (Å²) in [6, 6.07) is 33.5. The molecule has 2 heteroatoms. The first-order chi connectivity index (χ1) is 13.6. The Labute approximate surface area is 179 Å². The Kier molecular flexibility index (Phi) is 7.13. The maximum atomic E-state index is 4.58. The minimum atomic E-state index is -2.76. The van der Waals surface area contributed by atoms with Crippen molar-refractivity contribution in [3.05, 3.63) is 91.0 Å². The first-order valence-electron chi connectivity index (χ1n) is 10.5. The van der Waals surface area contributed by atoms with Crippen molar-refractivity contribution in [2.24, 2.45) is 5.92 Å². The van der Waals surface area contributed by atoms with E-state index in [-0.39, 0.29) is 0 Å². The van der Waals surface area contributed by atoms with Crippen molar-refractivity contribution in [1.82, 2.24) is 0 Å². The average Bonchev–Trinajstić information content (AvgIpc) is 2.78. The molecular formula is C26H32BrP. The standard InChI is InChI=1S/C26H32BrP/c1-3-5-15-23(4-2)22-28(27,24-16-9-6-10-17-24,25-18-11-7-12-19-25)26-20-13-8-14-21-26/h6-14,16-21,23H,3-5,15,22H2,1-2H3. The molecule has 0 spiro atoms. The number of hydrogen-bond acceptors (Lipinski definition) is 0. The van der Waals surface area contributed by atoms with E-state index in [2.05, 4.69) is 120 Å². The van der Waals surface area contributed by atoms with Gasteiger partial charge < -0.3 is 0 Å². The number of benzene rings is 3. The predicted molar refractivity (Wildman–Crippen MR) is 132 cm³/mol. The van der Waals surface area contributed by atoms with Crippen LogP contribution >= 0.6 is 20.8 Å². The Bertz CT molecular complexity index is 746. The molecule has 0 radical (unpaired) electrons. The Hall–Kier alpha value is -1.43. The summed E-state index contributed by atoms with van der Waals surface area (Å²) in [5.41, 5.74) is 0. The molecule has 0 fully saturated rings. The molecule has 3 aromatic rings. The van der Waals surface area contributed by atoms with Crippen molar-refractivity contribution >= 4 is 36.7 Å². The second-order valence-electron chi connectivity index (χ2n) is 7.79. The Balaban J connectivity index is 2.30. The fraction of sp³-hybridized carbons (Fsp3) is 0.308. The zero-order valence-corrected chi connectivity index (χ0v) is 19.6. The summed E-state index contributed by atoms with van der Waals surface area (Å²) in [4.78, 5) is 0. The summed E-state index contributed by atoms with van der Waals surface area (Å²) >= 11 is 4.58. The van der Waals surface area contributed by atoms with Gasteiger partial charge in [-0.2, -0.15) is 0 Å². The molecular weight excluding hydrogens is 423 g/mol. The summed E-state index contributed by atoms with van der Waals surface area (Å²) < 4.78 is 0. The van der Waals surface area contributed by atoms with Gasteiger partial charge in [0, 0.05) is 0 Å². The quantitative estimate of drug-likeness (QED) is 0.304. The molecule has 1 atom stereocenters. The van der Waals surface area contributed by atoms with Gasteiger partial charge in [-0.3, -0.25) is 0 Å². The van der Waals surface area contributed by atoms with Gasteiger partial charge in [-0.15, -0.1) is 0 Å². The first-order valence-corrected chi connectivity index (χ1v) is 15.0. The average molecular weight is 455 g/mol. The topological polar surface area (TPSA) is 0 Å². The van der Waals surface area contributed by atoms with Crippen molar-refractivity contribution in [3.8, 4) is 0 Å².